The normalized spacial score (nSPS) is 36.6. The number of nitrogens with one attached hydrogen (secondary N) is 1. The van der Waals surface area contributed by atoms with Gasteiger partial charge in [-0.25, -0.2) is 0 Å². The van der Waals surface area contributed by atoms with Gasteiger partial charge in [-0.3, -0.25) is 9.80 Å². The molecule has 0 radical (unpaired) electrons. The molecule has 2 heterocycles. The molecule has 0 aromatic rings. The van der Waals surface area contributed by atoms with Crippen LogP contribution in [0.1, 0.15) is 40.0 Å². The standard InChI is InChI=1S/C16H33N3O/c1-5-8-17-9-15-6-7-16(20-15)12-19-10-13(2)18(4)14(3)11-19/h13-17H,5-12H2,1-4H3. The average Bonchev–Trinajstić information content (AvgIpc) is 2.84. The summed E-state index contributed by atoms with van der Waals surface area (Å²) in [4.78, 5) is 5.09. The Labute approximate surface area is 124 Å². The zero-order valence-corrected chi connectivity index (χ0v) is 13.8. The van der Waals surface area contributed by atoms with Crippen LogP contribution in [-0.4, -0.2) is 73.9 Å². The van der Waals surface area contributed by atoms with E-state index < -0.39 is 0 Å². The maximum absolute atomic E-state index is 6.19. The summed E-state index contributed by atoms with van der Waals surface area (Å²) in [6.45, 7) is 12.5. The number of likely N-dealkylation sites (N-methyl/N-ethyl adjacent to an activating group) is 1. The third-order valence-corrected chi connectivity index (χ3v) is 4.89. The Kier molecular flexibility index (Phi) is 6.27. The van der Waals surface area contributed by atoms with Gasteiger partial charge in [0.05, 0.1) is 12.2 Å². The molecule has 4 atom stereocenters. The zero-order valence-electron chi connectivity index (χ0n) is 13.8. The van der Waals surface area contributed by atoms with Crippen LogP contribution in [0.3, 0.4) is 0 Å². The van der Waals surface area contributed by atoms with Gasteiger partial charge in [0.15, 0.2) is 0 Å². The highest BCUT2D eigenvalue weighted by Crippen LogP contribution is 2.22. The molecule has 1 N–H and O–H groups in total. The average molecular weight is 283 g/mol. The third kappa shape index (κ3) is 4.42. The van der Waals surface area contributed by atoms with E-state index in [1.54, 1.807) is 0 Å². The van der Waals surface area contributed by atoms with E-state index >= 15 is 0 Å². The van der Waals surface area contributed by atoms with E-state index in [2.05, 4.69) is 42.9 Å². The molecule has 0 aliphatic carbocycles. The molecule has 0 spiro atoms. The van der Waals surface area contributed by atoms with Crippen molar-refractivity contribution in [1.29, 1.82) is 0 Å². The highest BCUT2D eigenvalue weighted by atomic mass is 16.5. The summed E-state index contributed by atoms with van der Waals surface area (Å²) in [5.74, 6) is 0. The fourth-order valence-electron chi connectivity index (χ4n) is 3.46. The molecular weight excluding hydrogens is 250 g/mol. The number of nitrogens with zero attached hydrogens (tertiary/aromatic N) is 2. The first-order valence-electron chi connectivity index (χ1n) is 8.40. The second kappa shape index (κ2) is 7.74. The quantitative estimate of drug-likeness (QED) is 0.749. The largest absolute Gasteiger partial charge is 0.372 e. The monoisotopic (exact) mass is 283 g/mol. The Bertz CT molecular complexity index is 275. The molecule has 0 bridgehead atoms. The van der Waals surface area contributed by atoms with Gasteiger partial charge in [0.1, 0.15) is 0 Å². The van der Waals surface area contributed by atoms with Crippen molar-refractivity contribution in [2.75, 3.05) is 39.8 Å². The van der Waals surface area contributed by atoms with Crippen molar-refractivity contribution >= 4 is 0 Å². The number of hydrogen-bond acceptors (Lipinski definition) is 4. The fourth-order valence-corrected chi connectivity index (χ4v) is 3.46. The minimum atomic E-state index is 0.439. The lowest BCUT2D eigenvalue weighted by molar-refractivity contribution is -0.00475. The second-order valence-corrected chi connectivity index (χ2v) is 6.74. The highest BCUT2D eigenvalue weighted by Gasteiger charge is 2.31. The van der Waals surface area contributed by atoms with Crippen molar-refractivity contribution in [2.24, 2.45) is 0 Å². The number of hydrogen-bond donors (Lipinski definition) is 1. The molecule has 2 fully saturated rings. The smallest absolute Gasteiger partial charge is 0.0707 e. The first kappa shape index (κ1) is 16.2. The van der Waals surface area contributed by atoms with E-state index in [0.717, 1.165) is 19.6 Å². The summed E-state index contributed by atoms with van der Waals surface area (Å²) in [5.41, 5.74) is 0. The van der Waals surface area contributed by atoms with Gasteiger partial charge in [0.25, 0.3) is 0 Å². The molecule has 0 aromatic carbocycles. The van der Waals surface area contributed by atoms with Gasteiger partial charge in [-0.05, 0) is 46.7 Å². The summed E-state index contributed by atoms with van der Waals surface area (Å²) >= 11 is 0. The van der Waals surface area contributed by atoms with Crippen LogP contribution in [0.5, 0.6) is 0 Å². The molecule has 20 heavy (non-hydrogen) atoms. The van der Waals surface area contributed by atoms with E-state index in [-0.39, 0.29) is 0 Å². The van der Waals surface area contributed by atoms with Crippen molar-refractivity contribution in [3.8, 4) is 0 Å². The fraction of sp³-hybridized carbons (Fsp3) is 1.00. The summed E-state index contributed by atoms with van der Waals surface area (Å²) in [7, 11) is 2.24. The van der Waals surface area contributed by atoms with Crippen molar-refractivity contribution in [3.05, 3.63) is 0 Å². The summed E-state index contributed by atoms with van der Waals surface area (Å²) in [6, 6.07) is 1.31. The molecule has 4 heteroatoms. The van der Waals surface area contributed by atoms with Gasteiger partial charge < -0.3 is 10.1 Å². The lowest BCUT2D eigenvalue weighted by atomic mass is 10.1. The maximum atomic E-state index is 6.19. The third-order valence-electron chi connectivity index (χ3n) is 4.89. The Morgan fingerprint density at radius 3 is 2.40 bits per heavy atom. The van der Waals surface area contributed by atoms with Crippen LogP contribution in [0.25, 0.3) is 0 Å². The SMILES string of the molecule is CCCNCC1CCC(CN2CC(C)N(C)C(C)C2)O1. The minimum absolute atomic E-state index is 0.439. The molecule has 4 nitrogen and oxygen atoms in total. The van der Waals surface area contributed by atoms with Crippen LogP contribution in [0.2, 0.25) is 0 Å². The van der Waals surface area contributed by atoms with Crippen LogP contribution < -0.4 is 5.32 Å². The molecule has 2 saturated heterocycles. The summed E-state index contributed by atoms with van der Waals surface area (Å²) in [5, 5.41) is 3.48. The summed E-state index contributed by atoms with van der Waals surface area (Å²) < 4.78 is 6.19. The van der Waals surface area contributed by atoms with Gasteiger partial charge in [-0.15, -0.1) is 0 Å². The predicted octanol–water partition coefficient (Wildman–Crippen LogP) is 1.56. The Morgan fingerprint density at radius 1 is 1.10 bits per heavy atom. The van der Waals surface area contributed by atoms with E-state index in [1.165, 1.54) is 32.4 Å². The van der Waals surface area contributed by atoms with E-state index in [1.807, 2.05) is 0 Å². The second-order valence-electron chi connectivity index (χ2n) is 6.74. The number of rotatable bonds is 6. The van der Waals surface area contributed by atoms with Crippen molar-refractivity contribution in [2.45, 2.75) is 64.3 Å². The molecule has 0 amide bonds. The minimum Gasteiger partial charge on any atom is -0.372 e. The predicted molar refractivity (Wildman–Crippen MR) is 84.2 cm³/mol. The molecule has 118 valence electrons. The van der Waals surface area contributed by atoms with Crippen LogP contribution in [0.4, 0.5) is 0 Å². The first-order valence-corrected chi connectivity index (χ1v) is 8.40. The van der Waals surface area contributed by atoms with Crippen LogP contribution in [0.15, 0.2) is 0 Å². The number of ether oxygens (including phenoxy) is 1. The van der Waals surface area contributed by atoms with Gasteiger partial charge >= 0.3 is 0 Å². The van der Waals surface area contributed by atoms with E-state index in [4.69, 9.17) is 4.74 Å². The van der Waals surface area contributed by atoms with Crippen molar-refractivity contribution in [1.82, 2.24) is 15.1 Å². The van der Waals surface area contributed by atoms with E-state index in [9.17, 15) is 0 Å². The van der Waals surface area contributed by atoms with Crippen molar-refractivity contribution < 1.29 is 4.74 Å². The maximum Gasteiger partial charge on any atom is 0.0707 e. The molecule has 2 rings (SSSR count). The molecule has 0 saturated carbocycles. The topological polar surface area (TPSA) is 27.7 Å². The highest BCUT2D eigenvalue weighted by molar-refractivity contribution is 4.85. The Hall–Kier alpha value is -0.160. The molecule has 0 aromatic heterocycles. The zero-order chi connectivity index (χ0) is 14.5. The van der Waals surface area contributed by atoms with Gasteiger partial charge in [-0.1, -0.05) is 6.92 Å². The molecular formula is C16H33N3O. The molecule has 2 aliphatic heterocycles. The Morgan fingerprint density at radius 2 is 1.75 bits per heavy atom. The van der Waals surface area contributed by atoms with Crippen molar-refractivity contribution in [3.63, 3.8) is 0 Å². The van der Waals surface area contributed by atoms with Gasteiger partial charge in [-0.2, -0.15) is 0 Å². The lowest BCUT2D eigenvalue weighted by Crippen LogP contribution is -2.56. The van der Waals surface area contributed by atoms with Gasteiger partial charge in [0.2, 0.25) is 0 Å². The number of piperazine rings is 1. The summed E-state index contributed by atoms with van der Waals surface area (Å²) in [6.07, 6.45) is 4.54. The molecule has 4 unspecified atom stereocenters. The van der Waals surface area contributed by atoms with E-state index in [0.29, 0.717) is 24.3 Å². The van der Waals surface area contributed by atoms with Crippen LogP contribution >= 0.6 is 0 Å². The Balaban J connectivity index is 1.69. The van der Waals surface area contributed by atoms with Crippen LogP contribution in [-0.2, 0) is 4.74 Å². The lowest BCUT2D eigenvalue weighted by Gasteiger charge is -2.43. The van der Waals surface area contributed by atoms with Gasteiger partial charge in [0, 0.05) is 38.3 Å². The first-order chi connectivity index (χ1) is 9.60. The molecule has 2 aliphatic rings. The van der Waals surface area contributed by atoms with Crippen LogP contribution in [0, 0.1) is 0 Å².